The number of anilines is 1. The van der Waals surface area contributed by atoms with Crippen molar-refractivity contribution in [3.05, 3.63) is 29.6 Å². The normalized spacial score (nSPS) is 16.0. The number of hydrogen-bond acceptors (Lipinski definition) is 4. The molecule has 1 aromatic rings. The molecule has 2 rings (SSSR count). The first-order valence-corrected chi connectivity index (χ1v) is 5.71. The average Bonchev–Trinajstić information content (AvgIpc) is 2.38. The highest BCUT2D eigenvalue weighted by molar-refractivity contribution is 5.97. The van der Waals surface area contributed by atoms with E-state index in [4.69, 9.17) is 5.73 Å². The number of benzene rings is 1. The molecule has 0 radical (unpaired) electrons. The van der Waals surface area contributed by atoms with Crippen LogP contribution in [0.15, 0.2) is 18.2 Å². The highest BCUT2D eigenvalue weighted by atomic mass is 19.1. The first kappa shape index (κ1) is 12.0. The molecule has 0 spiro atoms. The fraction of sp³-hybridized carbons (Fsp3) is 0.417. The summed E-state index contributed by atoms with van der Waals surface area (Å²) in [6.45, 7) is 3.17. The van der Waals surface area contributed by atoms with Crippen molar-refractivity contribution in [2.45, 2.75) is 0 Å². The lowest BCUT2D eigenvalue weighted by Gasteiger charge is -2.29. The van der Waals surface area contributed by atoms with Crippen molar-refractivity contribution in [1.82, 2.24) is 5.32 Å². The predicted molar refractivity (Wildman–Crippen MR) is 64.9 cm³/mol. The molecule has 17 heavy (non-hydrogen) atoms. The van der Waals surface area contributed by atoms with Crippen LogP contribution in [-0.4, -0.2) is 38.5 Å². The van der Waals surface area contributed by atoms with Gasteiger partial charge in [0.2, 0.25) is 0 Å². The van der Waals surface area contributed by atoms with Crippen molar-refractivity contribution < 1.29 is 9.18 Å². The molecule has 4 nitrogen and oxygen atoms in total. The lowest BCUT2D eigenvalue weighted by atomic mass is 10.1. The van der Waals surface area contributed by atoms with E-state index in [1.54, 1.807) is 12.1 Å². The molecule has 0 atom stereocenters. The van der Waals surface area contributed by atoms with Crippen LogP contribution in [0.2, 0.25) is 0 Å². The smallest absolute Gasteiger partial charge is 0.176 e. The minimum absolute atomic E-state index is 0.0909. The summed E-state index contributed by atoms with van der Waals surface area (Å²) in [6.07, 6.45) is 0. The Morgan fingerprint density at radius 1 is 1.41 bits per heavy atom. The zero-order chi connectivity index (χ0) is 12.3. The fourth-order valence-electron chi connectivity index (χ4n) is 1.96. The van der Waals surface area contributed by atoms with E-state index in [2.05, 4.69) is 5.32 Å². The molecule has 0 unspecified atom stereocenters. The number of ketones is 1. The summed E-state index contributed by atoms with van der Waals surface area (Å²) in [6, 6.07) is 4.56. The van der Waals surface area contributed by atoms with Crippen molar-refractivity contribution in [3.63, 3.8) is 0 Å². The highest BCUT2D eigenvalue weighted by Gasteiger charge is 2.15. The second kappa shape index (κ2) is 5.25. The van der Waals surface area contributed by atoms with Gasteiger partial charge in [-0.3, -0.25) is 4.79 Å². The van der Waals surface area contributed by atoms with Gasteiger partial charge in [-0.15, -0.1) is 0 Å². The van der Waals surface area contributed by atoms with Crippen molar-refractivity contribution in [1.29, 1.82) is 0 Å². The van der Waals surface area contributed by atoms with Crippen LogP contribution in [-0.2, 0) is 0 Å². The van der Waals surface area contributed by atoms with E-state index < -0.39 is 0 Å². The highest BCUT2D eigenvalue weighted by Crippen LogP contribution is 2.21. The van der Waals surface area contributed by atoms with Crippen molar-refractivity contribution >= 4 is 11.5 Å². The van der Waals surface area contributed by atoms with Crippen LogP contribution in [0.1, 0.15) is 10.4 Å². The number of nitrogens with one attached hydrogen (secondary N) is 1. The number of piperazine rings is 1. The van der Waals surface area contributed by atoms with Crippen LogP contribution >= 0.6 is 0 Å². The molecule has 1 aromatic carbocycles. The van der Waals surface area contributed by atoms with Gasteiger partial charge in [0.05, 0.1) is 12.2 Å². The second-order valence-corrected chi connectivity index (χ2v) is 4.03. The van der Waals surface area contributed by atoms with E-state index in [0.29, 0.717) is 11.3 Å². The van der Waals surface area contributed by atoms with Gasteiger partial charge in [-0.2, -0.15) is 0 Å². The fourth-order valence-corrected chi connectivity index (χ4v) is 1.96. The summed E-state index contributed by atoms with van der Waals surface area (Å²) in [5, 5.41) is 3.21. The lowest BCUT2D eigenvalue weighted by Crippen LogP contribution is -2.43. The van der Waals surface area contributed by atoms with Gasteiger partial charge in [-0.25, -0.2) is 4.39 Å². The average molecular weight is 237 g/mol. The maximum absolute atomic E-state index is 13.9. The molecule has 5 heteroatoms. The van der Waals surface area contributed by atoms with Gasteiger partial charge >= 0.3 is 0 Å². The number of carbonyl (C=O) groups excluding carboxylic acids is 1. The summed E-state index contributed by atoms with van der Waals surface area (Å²) >= 11 is 0. The molecule has 1 fully saturated rings. The maximum atomic E-state index is 13.9. The Bertz CT molecular complexity index is 416. The minimum Gasteiger partial charge on any atom is -0.367 e. The monoisotopic (exact) mass is 237 g/mol. The summed E-state index contributed by atoms with van der Waals surface area (Å²) in [5.74, 6) is -0.595. The van der Waals surface area contributed by atoms with E-state index in [9.17, 15) is 9.18 Å². The molecule has 1 heterocycles. The third kappa shape index (κ3) is 2.62. The molecule has 0 saturated carbocycles. The Kier molecular flexibility index (Phi) is 3.71. The number of hydrogen-bond donors (Lipinski definition) is 2. The molecular weight excluding hydrogens is 221 g/mol. The van der Waals surface area contributed by atoms with Crippen LogP contribution in [0.3, 0.4) is 0 Å². The molecular formula is C12H16FN3O. The van der Waals surface area contributed by atoms with Gasteiger partial charge in [0.1, 0.15) is 5.82 Å². The molecule has 0 bridgehead atoms. The number of Topliss-reactive ketones (excluding diaryl/α,β-unsaturated/α-hetero) is 1. The first-order chi connectivity index (χ1) is 8.22. The summed E-state index contributed by atoms with van der Waals surface area (Å²) in [4.78, 5) is 13.3. The van der Waals surface area contributed by atoms with E-state index in [1.807, 2.05) is 4.90 Å². The van der Waals surface area contributed by atoms with Gasteiger partial charge in [0.25, 0.3) is 0 Å². The Morgan fingerprint density at radius 2 is 2.12 bits per heavy atom. The quantitative estimate of drug-likeness (QED) is 0.746. The largest absolute Gasteiger partial charge is 0.367 e. The first-order valence-electron chi connectivity index (χ1n) is 5.71. The maximum Gasteiger partial charge on any atom is 0.176 e. The standard InChI is InChI=1S/C12H16FN3O/c13-10-7-9(12(17)8-14)1-2-11(10)16-5-3-15-4-6-16/h1-2,7,15H,3-6,8,14H2. The topological polar surface area (TPSA) is 58.4 Å². The minimum atomic E-state index is -0.355. The van der Waals surface area contributed by atoms with Crippen LogP contribution < -0.4 is 16.0 Å². The van der Waals surface area contributed by atoms with Crippen LogP contribution in [0.4, 0.5) is 10.1 Å². The van der Waals surface area contributed by atoms with E-state index in [1.165, 1.54) is 6.07 Å². The molecule has 0 aromatic heterocycles. The number of carbonyl (C=O) groups is 1. The summed E-state index contributed by atoms with van der Waals surface area (Å²) in [5.41, 5.74) is 6.14. The van der Waals surface area contributed by atoms with Crippen LogP contribution in [0, 0.1) is 5.82 Å². The third-order valence-electron chi connectivity index (χ3n) is 2.91. The Morgan fingerprint density at radius 3 is 2.71 bits per heavy atom. The van der Waals surface area contributed by atoms with E-state index >= 15 is 0 Å². The van der Waals surface area contributed by atoms with Crippen LogP contribution in [0.25, 0.3) is 0 Å². The van der Waals surface area contributed by atoms with Gasteiger partial charge in [0.15, 0.2) is 5.78 Å². The van der Waals surface area contributed by atoms with E-state index in [0.717, 1.165) is 26.2 Å². The van der Waals surface area contributed by atoms with Gasteiger partial charge in [-0.05, 0) is 18.2 Å². The SMILES string of the molecule is NCC(=O)c1ccc(N2CCNCC2)c(F)c1. The van der Waals surface area contributed by atoms with Crippen molar-refractivity contribution in [2.24, 2.45) is 5.73 Å². The summed E-state index contributed by atoms with van der Waals surface area (Å²) in [7, 11) is 0. The second-order valence-electron chi connectivity index (χ2n) is 4.03. The molecule has 1 aliphatic rings. The molecule has 1 saturated heterocycles. The number of nitrogens with zero attached hydrogens (tertiary/aromatic N) is 1. The van der Waals surface area contributed by atoms with Gasteiger partial charge in [-0.1, -0.05) is 0 Å². The zero-order valence-corrected chi connectivity index (χ0v) is 9.58. The summed E-state index contributed by atoms with van der Waals surface area (Å²) < 4.78 is 13.9. The van der Waals surface area contributed by atoms with E-state index in [-0.39, 0.29) is 18.1 Å². The number of rotatable bonds is 3. The Hall–Kier alpha value is -1.46. The lowest BCUT2D eigenvalue weighted by molar-refractivity contribution is 0.100. The molecule has 92 valence electrons. The van der Waals surface area contributed by atoms with Gasteiger partial charge < -0.3 is 16.0 Å². The molecule has 0 amide bonds. The molecule has 1 aliphatic heterocycles. The Labute approximate surface area is 99.6 Å². The van der Waals surface area contributed by atoms with Crippen LogP contribution in [0.5, 0.6) is 0 Å². The molecule has 0 aliphatic carbocycles. The zero-order valence-electron chi connectivity index (χ0n) is 9.58. The Balaban J connectivity index is 2.21. The molecule has 3 N–H and O–H groups in total. The number of halogens is 1. The number of nitrogens with two attached hydrogens (primary N) is 1. The van der Waals surface area contributed by atoms with Gasteiger partial charge in [0, 0.05) is 31.7 Å². The third-order valence-corrected chi connectivity index (χ3v) is 2.91. The van der Waals surface area contributed by atoms with Crippen molar-refractivity contribution in [2.75, 3.05) is 37.6 Å². The van der Waals surface area contributed by atoms with Crippen molar-refractivity contribution in [3.8, 4) is 0 Å². The predicted octanol–water partition coefficient (Wildman–Crippen LogP) is 0.377.